The molecule has 2 aromatic rings. The van der Waals surface area contributed by atoms with Gasteiger partial charge < -0.3 is 9.84 Å². The molecule has 0 bridgehead atoms. The van der Waals surface area contributed by atoms with Gasteiger partial charge >= 0.3 is 0 Å². The third kappa shape index (κ3) is 3.25. The molecule has 106 valence electrons. The van der Waals surface area contributed by atoms with Crippen LogP contribution in [-0.2, 0) is 6.42 Å². The van der Waals surface area contributed by atoms with E-state index in [1.165, 1.54) is 30.4 Å². The first-order valence-corrected chi connectivity index (χ1v) is 7.43. The molecule has 1 saturated heterocycles. The van der Waals surface area contributed by atoms with Crippen LogP contribution < -0.4 is 5.32 Å². The second kappa shape index (κ2) is 6.18. The lowest BCUT2D eigenvalue weighted by Crippen LogP contribution is -2.20. The van der Waals surface area contributed by atoms with Crippen LogP contribution in [0, 0.1) is 6.92 Å². The van der Waals surface area contributed by atoms with E-state index in [1.807, 2.05) is 0 Å². The molecule has 0 amide bonds. The third-order valence-corrected chi connectivity index (χ3v) is 3.83. The third-order valence-electron chi connectivity index (χ3n) is 3.83. The molecule has 1 aromatic heterocycles. The van der Waals surface area contributed by atoms with Crippen LogP contribution in [0.3, 0.4) is 0 Å². The first-order valence-electron chi connectivity index (χ1n) is 7.43. The summed E-state index contributed by atoms with van der Waals surface area (Å²) < 4.78 is 5.43. The van der Waals surface area contributed by atoms with E-state index in [2.05, 4.69) is 46.6 Å². The second-order valence-electron chi connectivity index (χ2n) is 5.57. The van der Waals surface area contributed by atoms with Crippen molar-refractivity contribution in [3.8, 4) is 0 Å². The van der Waals surface area contributed by atoms with Crippen LogP contribution in [0.15, 0.2) is 28.8 Å². The number of rotatable bonds is 3. The summed E-state index contributed by atoms with van der Waals surface area (Å²) in [4.78, 5) is 4.55. The minimum absolute atomic E-state index is 0.233. The Balaban J connectivity index is 1.68. The highest BCUT2D eigenvalue weighted by atomic mass is 16.5. The maximum Gasteiger partial charge on any atom is 0.243 e. The zero-order valence-corrected chi connectivity index (χ0v) is 11.9. The van der Waals surface area contributed by atoms with Gasteiger partial charge in [0.15, 0.2) is 5.82 Å². The first kappa shape index (κ1) is 13.3. The average Bonchev–Trinajstić information content (AvgIpc) is 2.74. The molecule has 0 aliphatic carbocycles. The van der Waals surface area contributed by atoms with Crippen LogP contribution in [-0.4, -0.2) is 16.7 Å². The van der Waals surface area contributed by atoms with E-state index in [0.717, 1.165) is 31.1 Å². The van der Waals surface area contributed by atoms with Crippen molar-refractivity contribution >= 4 is 0 Å². The molecule has 20 heavy (non-hydrogen) atoms. The van der Waals surface area contributed by atoms with Crippen molar-refractivity contribution in [1.82, 2.24) is 15.5 Å². The van der Waals surface area contributed by atoms with Gasteiger partial charge in [-0.05, 0) is 31.9 Å². The second-order valence-corrected chi connectivity index (χ2v) is 5.57. The quantitative estimate of drug-likeness (QED) is 0.931. The fraction of sp³-hybridized carbons (Fsp3) is 0.500. The van der Waals surface area contributed by atoms with Crippen LogP contribution >= 0.6 is 0 Å². The summed E-state index contributed by atoms with van der Waals surface area (Å²) in [5, 5.41) is 7.60. The highest BCUT2D eigenvalue weighted by Gasteiger charge is 2.19. The molecule has 1 unspecified atom stereocenters. The molecular weight excluding hydrogens is 250 g/mol. The van der Waals surface area contributed by atoms with Crippen molar-refractivity contribution in [2.75, 3.05) is 6.54 Å². The highest BCUT2D eigenvalue weighted by Crippen LogP contribution is 2.21. The summed E-state index contributed by atoms with van der Waals surface area (Å²) in [6, 6.07) is 8.70. The number of aromatic nitrogens is 2. The number of hydrogen-bond acceptors (Lipinski definition) is 4. The summed E-state index contributed by atoms with van der Waals surface area (Å²) in [7, 11) is 0. The lowest BCUT2D eigenvalue weighted by atomic mass is 10.1. The van der Waals surface area contributed by atoms with E-state index in [-0.39, 0.29) is 6.04 Å². The maximum absolute atomic E-state index is 5.43. The highest BCUT2D eigenvalue weighted by molar-refractivity contribution is 5.23. The smallest absolute Gasteiger partial charge is 0.243 e. The van der Waals surface area contributed by atoms with Gasteiger partial charge in [-0.1, -0.05) is 47.8 Å². The molecule has 4 nitrogen and oxygen atoms in total. The molecule has 2 heterocycles. The first-order chi connectivity index (χ1) is 9.81. The molecule has 1 N–H and O–H groups in total. The van der Waals surface area contributed by atoms with Crippen molar-refractivity contribution < 1.29 is 4.52 Å². The number of hydrogen-bond donors (Lipinski definition) is 1. The van der Waals surface area contributed by atoms with E-state index < -0.39 is 0 Å². The molecule has 4 heteroatoms. The van der Waals surface area contributed by atoms with Crippen LogP contribution in [0.1, 0.15) is 54.6 Å². The van der Waals surface area contributed by atoms with Gasteiger partial charge in [0.25, 0.3) is 0 Å². The Morgan fingerprint density at radius 3 is 2.90 bits per heavy atom. The van der Waals surface area contributed by atoms with E-state index in [1.54, 1.807) is 0 Å². The van der Waals surface area contributed by atoms with Crippen LogP contribution in [0.4, 0.5) is 0 Å². The minimum atomic E-state index is 0.233. The van der Waals surface area contributed by atoms with E-state index in [9.17, 15) is 0 Å². The van der Waals surface area contributed by atoms with Crippen molar-refractivity contribution in [3.05, 3.63) is 47.1 Å². The van der Waals surface area contributed by atoms with Crippen molar-refractivity contribution in [2.45, 2.75) is 45.1 Å². The van der Waals surface area contributed by atoms with E-state index in [0.29, 0.717) is 0 Å². The van der Waals surface area contributed by atoms with Crippen LogP contribution in [0.5, 0.6) is 0 Å². The molecule has 0 radical (unpaired) electrons. The fourth-order valence-corrected chi connectivity index (χ4v) is 2.61. The Kier molecular flexibility index (Phi) is 4.11. The Labute approximate surface area is 119 Å². The monoisotopic (exact) mass is 271 g/mol. The minimum Gasteiger partial charge on any atom is -0.338 e. The lowest BCUT2D eigenvalue weighted by molar-refractivity contribution is 0.325. The Bertz CT molecular complexity index is 539. The van der Waals surface area contributed by atoms with Crippen LogP contribution in [0.25, 0.3) is 0 Å². The van der Waals surface area contributed by atoms with Crippen molar-refractivity contribution in [3.63, 3.8) is 0 Å². The van der Waals surface area contributed by atoms with E-state index in [4.69, 9.17) is 4.52 Å². The molecule has 1 aliphatic heterocycles. The normalized spacial score (nSPS) is 19.8. The van der Waals surface area contributed by atoms with Crippen LogP contribution in [0.2, 0.25) is 0 Å². The lowest BCUT2D eigenvalue weighted by Gasteiger charge is -2.09. The van der Waals surface area contributed by atoms with Crippen molar-refractivity contribution in [1.29, 1.82) is 0 Å². The molecule has 1 fully saturated rings. The Morgan fingerprint density at radius 2 is 2.05 bits per heavy atom. The predicted octanol–water partition coefficient (Wildman–Crippen LogP) is 3.17. The van der Waals surface area contributed by atoms with Gasteiger partial charge in [0.05, 0.1) is 6.04 Å². The topological polar surface area (TPSA) is 51.0 Å². The summed E-state index contributed by atoms with van der Waals surface area (Å²) in [6.45, 7) is 3.13. The largest absolute Gasteiger partial charge is 0.338 e. The van der Waals surface area contributed by atoms with Gasteiger partial charge in [0.2, 0.25) is 5.89 Å². The Morgan fingerprint density at radius 1 is 1.20 bits per heavy atom. The molecule has 0 spiro atoms. The maximum atomic E-state index is 5.43. The van der Waals surface area contributed by atoms with Gasteiger partial charge in [-0.2, -0.15) is 4.98 Å². The Hall–Kier alpha value is -1.68. The molecular formula is C16H21N3O. The fourth-order valence-electron chi connectivity index (χ4n) is 2.61. The van der Waals surface area contributed by atoms with Gasteiger partial charge in [0, 0.05) is 6.42 Å². The number of nitrogens with one attached hydrogen (secondary N) is 1. The van der Waals surface area contributed by atoms with E-state index >= 15 is 0 Å². The van der Waals surface area contributed by atoms with Gasteiger partial charge in [-0.3, -0.25) is 0 Å². The SMILES string of the molecule is Cc1ccc(Cc2noc(C3CCCCCN3)n2)cc1. The molecule has 3 rings (SSSR count). The summed E-state index contributed by atoms with van der Waals surface area (Å²) in [5.41, 5.74) is 2.49. The van der Waals surface area contributed by atoms with Gasteiger partial charge in [-0.25, -0.2) is 0 Å². The van der Waals surface area contributed by atoms with Gasteiger partial charge in [0.1, 0.15) is 0 Å². The van der Waals surface area contributed by atoms with Crippen molar-refractivity contribution in [2.24, 2.45) is 0 Å². The predicted molar refractivity (Wildman–Crippen MR) is 77.5 cm³/mol. The number of nitrogens with zero attached hydrogens (tertiary/aromatic N) is 2. The number of benzene rings is 1. The zero-order valence-electron chi connectivity index (χ0n) is 11.9. The molecule has 1 atom stereocenters. The summed E-state index contributed by atoms with van der Waals surface area (Å²) in [6.07, 6.45) is 5.57. The molecule has 1 aliphatic rings. The molecule has 1 aromatic carbocycles. The van der Waals surface area contributed by atoms with Gasteiger partial charge in [-0.15, -0.1) is 0 Å². The average molecular weight is 271 g/mol. The molecule has 0 saturated carbocycles. The summed E-state index contributed by atoms with van der Waals surface area (Å²) >= 11 is 0. The number of aryl methyl sites for hydroxylation is 1. The standard InChI is InChI=1S/C16H21N3O/c1-12-6-8-13(9-7-12)11-15-18-16(20-19-15)14-5-3-2-4-10-17-14/h6-9,14,17H,2-5,10-11H2,1H3. The summed E-state index contributed by atoms with van der Waals surface area (Å²) in [5.74, 6) is 1.52. The zero-order chi connectivity index (χ0) is 13.8.